The second kappa shape index (κ2) is 28.6. The van der Waals surface area contributed by atoms with Gasteiger partial charge in [-0.1, -0.05) is 134 Å². The van der Waals surface area contributed by atoms with Gasteiger partial charge in [0.15, 0.2) is 23.1 Å². The molecule has 3 heterocycles. The second-order valence-electron chi connectivity index (χ2n) is 30.6. The van der Waals surface area contributed by atoms with Crippen molar-refractivity contribution in [3.05, 3.63) is 199 Å². The standard InChI is InChI=1S/C82H93N3O9S4/c83-79(84)67-34-56-2-1-3-73-64(24-28-85-73)76(90)38-69-65(56)37-60(67)43-95-96-44-61-41-80(27-23-62(87)18-7-50-10-21-75(89)77(33-50)94-29-25-51-9-20-74(88)70(69)32-51)26-22-57-39-81(92)40-59-36-68-66(57)35-58-31-49(8-19-63(58)71(42-86)72(68)45-97-98-47-82(61,93)46-80)5-4-48-6-11-52-12-15-54(78(81)91)16-13-53(59)14-17-55(52)30-48/h6,8-11,14,17,19-21,23-24,27-28,30-34,37,53-54,57,59,61,66,68-69,71-72,78-79,85-86,88-89,91-93H,3-5,7,12-13,15-16,18,22,25-26,29,35-36,38-47,83-84H2/b17-14+,27-23+/t53-,54-,57+,59-,61+,66+,68+,69+,71-,72-,78-,80+,81-,82-/m1/s1. The molecule has 12 nitrogen and oxygen atoms in total. The molecule has 1 aromatic heterocycles. The zero-order valence-corrected chi connectivity index (χ0v) is 59.1. The van der Waals surface area contributed by atoms with Crippen molar-refractivity contribution in [3.8, 4) is 29.1 Å². The van der Waals surface area contributed by atoms with Gasteiger partial charge in [0.25, 0.3) is 0 Å². The van der Waals surface area contributed by atoms with Gasteiger partial charge in [0, 0.05) is 82.7 Å². The smallest absolute Gasteiger partial charge is 0.165 e. The molecular weight excluding hydrogens is 1300 g/mol. The maximum absolute atomic E-state index is 14.6. The number of nitrogens with one attached hydrogen (secondary N) is 1. The highest BCUT2D eigenvalue weighted by Crippen LogP contribution is 2.60. The molecule has 6 aromatic rings. The van der Waals surface area contributed by atoms with Crippen molar-refractivity contribution in [1.29, 1.82) is 0 Å². The number of aryl methyl sites for hydroxylation is 4. The fourth-order valence-corrected chi connectivity index (χ4v) is 25.1. The molecule has 0 radical (unpaired) electrons. The summed E-state index contributed by atoms with van der Waals surface area (Å²) in [4.78, 5) is 32.5. The molecule has 0 amide bonds. The zero-order valence-electron chi connectivity index (χ0n) is 55.8. The molecule has 0 unspecified atom stereocenters. The summed E-state index contributed by atoms with van der Waals surface area (Å²) >= 11 is 0. The number of fused-ring (bicyclic) bond motifs is 15. The van der Waals surface area contributed by atoms with Crippen molar-refractivity contribution in [2.24, 2.45) is 64.2 Å². The van der Waals surface area contributed by atoms with Crippen molar-refractivity contribution in [2.75, 3.05) is 30.5 Å². The number of aliphatic hydroxyl groups is 4. The number of ether oxygens (including phenoxy) is 1. The number of hydrogen-bond acceptors (Lipinski definition) is 15. The third-order valence-electron chi connectivity index (χ3n) is 24.8. The monoisotopic (exact) mass is 1390 g/mol. The number of aromatic hydroxyl groups is 2. The van der Waals surface area contributed by atoms with E-state index in [1.54, 1.807) is 68.9 Å². The quantitative estimate of drug-likeness (QED) is 0.0446. The Balaban J connectivity index is 0.817. The highest BCUT2D eigenvalue weighted by atomic mass is 33.1. The summed E-state index contributed by atoms with van der Waals surface area (Å²) in [5, 5.41) is 75.9. The third-order valence-corrected chi connectivity index (χ3v) is 29.7. The Hall–Kier alpha value is -5.68. The summed E-state index contributed by atoms with van der Waals surface area (Å²) in [5.74, 6) is 9.04. The lowest BCUT2D eigenvalue weighted by Gasteiger charge is -2.52. The molecule has 21 bridgehead atoms. The van der Waals surface area contributed by atoms with Gasteiger partial charge in [-0.3, -0.25) is 9.59 Å². The van der Waals surface area contributed by atoms with Gasteiger partial charge in [0.1, 0.15) is 5.75 Å². The minimum atomic E-state index is -1.36. The number of carbonyl (C=O) groups is 2. The highest BCUT2D eigenvalue weighted by Gasteiger charge is 2.56. The van der Waals surface area contributed by atoms with Crippen LogP contribution in [0, 0.1) is 64.6 Å². The largest absolute Gasteiger partial charge is 0.508 e. The Morgan fingerprint density at radius 3 is 2.32 bits per heavy atom. The lowest BCUT2D eigenvalue weighted by molar-refractivity contribution is -0.152. The van der Waals surface area contributed by atoms with Crippen LogP contribution in [0.5, 0.6) is 17.2 Å². The average Bonchev–Trinajstić information content (AvgIpc) is 1.45. The maximum atomic E-state index is 14.6. The van der Waals surface area contributed by atoms with E-state index in [0.29, 0.717) is 91.1 Å². The summed E-state index contributed by atoms with van der Waals surface area (Å²) in [7, 11) is 6.98. The number of carbonyl (C=O) groups excluding carboxylic acids is 2. The molecule has 3 saturated carbocycles. The number of aromatic nitrogens is 1. The lowest BCUT2D eigenvalue weighted by atomic mass is 9.56. The van der Waals surface area contributed by atoms with Crippen LogP contribution in [-0.4, -0.2) is 95.0 Å². The summed E-state index contributed by atoms with van der Waals surface area (Å²) in [5.41, 5.74) is 24.6. The Bertz CT molecular complexity index is 4140. The Morgan fingerprint density at radius 2 is 1.46 bits per heavy atom. The van der Waals surface area contributed by atoms with E-state index in [1.165, 1.54) is 33.4 Å². The van der Waals surface area contributed by atoms with Gasteiger partial charge >= 0.3 is 0 Å². The molecule has 98 heavy (non-hydrogen) atoms. The first-order valence-corrected chi connectivity index (χ1v) is 40.9. The molecule has 1 spiro atoms. The number of benzene rings is 5. The minimum Gasteiger partial charge on any atom is -0.508 e. The fourth-order valence-electron chi connectivity index (χ4n) is 19.5. The van der Waals surface area contributed by atoms with Crippen LogP contribution in [0.3, 0.4) is 0 Å². The molecule has 4 fully saturated rings. The SMILES string of the molecule is NC(N)c1cc2c3cc1CSSC[C@@H]1C[C@@]4(/C=C/C(=O)CCc5ccc(O)c(c5)OCCc5ccc(O)c(c5)[C@H]3CC(=O)c3cc[nH]c3CC#C2)CC[C@H]2C[C@@]3(O)C[C@H]5C[C@@H]6[C@@H](CSSC[C@]1(O)C4)[C@H](CO)c1ccc(cc1C[C@@H]26)CCc1ccc2c(c1)/C=C/[C@H]5CC[C@@H](CC2)[C@H]3O. The van der Waals surface area contributed by atoms with Gasteiger partial charge in [0.05, 0.1) is 43.1 Å². The van der Waals surface area contributed by atoms with E-state index in [0.717, 1.165) is 97.1 Å². The van der Waals surface area contributed by atoms with E-state index in [2.05, 4.69) is 77.5 Å². The first-order chi connectivity index (χ1) is 47.5. The topological polar surface area (TPSA) is 233 Å². The molecule has 14 atom stereocenters. The molecule has 11 N–H and O–H groups in total. The Kier molecular flexibility index (Phi) is 19.9. The summed E-state index contributed by atoms with van der Waals surface area (Å²) in [6.07, 6.45) is 20.7. The number of hydrogen-bond donors (Lipinski definition) is 9. The molecule has 9 aliphatic rings. The van der Waals surface area contributed by atoms with Gasteiger partial charge in [-0.25, -0.2) is 0 Å². The highest BCUT2D eigenvalue weighted by molar-refractivity contribution is 8.77. The normalized spacial score (nSPS) is 32.6. The molecule has 5 aromatic carbocycles. The molecule has 2 aliphatic heterocycles. The number of ketones is 2. The third kappa shape index (κ3) is 13.9. The van der Waals surface area contributed by atoms with Crippen LogP contribution in [0.25, 0.3) is 6.08 Å². The van der Waals surface area contributed by atoms with Gasteiger partial charge < -0.3 is 51.8 Å². The van der Waals surface area contributed by atoms with Crippen molar-refractivity contribution < 1.29 is 45.0 Å². The Labute approximate surface area is 592 Å². The van der Waals surface area contributed by atoms with Crippen LogP contribution in [0.1, 0.15) is 183 Å². The predicted octanol–water partition coefficient (Wildman–Crippen LogP) is 14.0. The number of aliphatic hydroxyl groups excluding tert-OH is 2. The number of phenolic OH excluding ortho intramolecular Hbond substituents is 2. The van der Waals surface area contributed by atoms with Crippen molar-refractivity contribution >= 4 is 60.8 Å². The van der Waals surface area contributed by atoms with E-state index >= 15 is 0 Å². The van der Waals surface area contributed by atoms with Gasteiger partial charge in [-0.15, -0.1) is 0 Å². The average molecular weight is 1390 g/mol. The molecule has 7 aliphatic carbocycles. The number of phenols is 2. The molecule has 16 heteroatoms. The van der Waals surface area contributed by atoms with E-state index < -0.39 is 34.8 Å². The van der Waals surface area contributed by atoms with E-state index in [-0.39, 0.29) is 102 Å². The van der Waals surface area contributed by atoms with Crippen LogP contribution < -0.4 is 16.2 Å². The van der Waals surface area contributed by atoms with Crippen LogP contribution in [0.15, 0.2) is 115 Å². The predicted molar refractivity (Wildman–Crippen MR) is 395 cm³/mol. The zero-order chi connectivity index (χ0) is 67.5. The number of rotatable bonds is 2. The maximum Gasteiger partial charge on any atom is 0.165 e. The second-order valence-corrected chi connectivity index (χ2v) is 35.6. The number of H-pyrrole nitrogens is 1. The molecule has 514 valence electrons. The first kappa shape index (κ1) is 68.1. The molecule has 1 saturated heterocycles. The van der Waals surface area contributed by atoms with Crippen LogP contribution in [-0.2, 0) is 55.5 Å². The summed E-state index contributed by atoms with van der Waals surface area (Å²) in [6.45, 7) is 0.221. The summed E-state index contributed by atoms with van der Waals surface area (Å²) < 4.78 is 6.32. The van der Waals surface area contributed by atoms with Crippen molar-refractivity contribution in [2.45, 2.75) is 163 Å². The van der Waals surface area contributed by atoms with E-state index in [4.69, 9.17) is 16.2 Å². The lowest BCUT2D eigenvalue weighted by Crippen LogP contribution is -2.54. The first-order valence-electron chi connectivity index (χ1n) is 36.0. The number of aromatic amines is 1. The fraction of sp³-hybridized carbons (Fsp3) is 0.488. The molecule has 15 rings (SSSR count). The van der Waals surface area contributed by atoms with Crippen LogP contribution in [0.4, 0.5) is 0 Å². The van der Waals surface area contributed by atoms with Crippen LogP contribution in [0.2, 0.25) is 0 Å². The Morgan fingerprint density at radius 1 is 0.673 bits per heavy atom. The number of allylic oxidation sites excluding steroid dienone is 3. The van der Waals surface area contributed by atoms with Crippen LogP contribution >= 0.6 is 43.2 Å². The van der Waals surface area contributed by atoms with Gasteiger partial charge in [-0.2, -0.15) is 0 Å². The van der Waals surface area contributed by atoms with Gasteiger partial charge in [0.2, 0.25) is 0 Å². The number of nitrogens with two attached hydrogens (primary N) is 2. The van der Waals surface area contributed by atoms with Crippen molar-refractivity contribution in [3.63, 3.8) is 0 Å². The van der Waals surface area contributed by atoms with E-state index in [1.807, 2.05) is 35.1 Å². The minimum absolute atomic E-state index is 0.0186. The van der Waals surface area contributed by atoms with Gasteiger partial charge in [-0.05, 0) is 247 Å². The summed E-state index contributed by atoms with van der Waals surface area (Å²) in [6, 6.07) is 30.7. The van der Waals surface area contributed by atoms with E-state index in [9.17, 15) is 40.2 Å². The molecular formula is C82H93N3O9S4. The number of Topliss-reactive ketones (excluding diaryl/α,β-unsaturated/α-hetero) is 1. The van der Waals surface area contributed by atoms with Crippen molar-refractivity contribution in [1.82, 2.24) is 4.98 Å².